The molecule has 0 bridgehead atoms. The molecule has 1 amide bonds. The van der Waals surface area contributed by atoms with Crippen LogP contribution >= 0.6 is 0 Å². The number of carboxylic acid groups (broad SMARTS) is 1. The number of hydrogen-bond acceptors (Lipinski definition) is 2. The lowest BCUT2D eigenvalue weighted by Gasteiger charge is -2.24. The van der Waals surface area contributed by atoms with Gasteiger partial charge >= 0.3 is 5.97 Å². The number of amides is 1. The lowest BCUT2D eigenvalue weighted by molar-refractivity contribution is -0.137. The number of hydrogen-bond donors (Lipinski definition) is 2. The highest BCUT2D eigenvalue weighted by atomic mass is 16.4. The maximum Gasteiger partial charge on any atom is 0.303 e. The number of carboxylic acids is 1. The average molecular weight is 291 g/mol. The van der Waals surface area contributed by atoms with Crippen molar-refractivity contribution in [3.05, 3.63) is 35.4 Å². The molecule has 0 radical (unpaired) electrons. The van der Waals surface area contributed by atoms with Crippen LogP contribution in [-0.2, 0) is 15.0 Å². The van der Waals surface area contributed by atoms with E-state index in [9.17, 15) is 9.59 Å². The van der Waals surface area contributed by atoms with Crippen LogP contribution in [0.25, 0.3) is 0 Å². The van der Waals surface area contributed by atoms with Crippen molar-refractivity contribution in [2.45, 2.75) is 51.9 Å². The first kappa shape index (κ1) is 17.2. The maximum absolute atomic E-state index is 12.3. The highest BCUT2D eigenvalue weighted by Crippen LogP contribution is 2.23. The van der Waals surface area contributed by atoms with Crippen molar-refractivity contribution >= 4 is 11.9 Å². The second-order valence-corrected chi connectivity index (χ2v) is 5.95. The van der Waals surface area contributed by atoms with E-state index in [0.717, 1.165) is 18.4 Å². The summed E-state index contributed by atoms with van der Waals surface area (Å²) in [4.78, 5) is 22.7. The van der Waals surface area contributed by atoms with E-state index in [1.165, 1.54) is 5.56 Å². The zero-order valence-corrected chi connectivity index (χ0v) is 13.1. The van der Waals surface area contributed by atoms with E-state index in [2.05, 4.69) is 5.32 Å². The van der Waals surface area contributed by atoms with Crippen molar-refractivity contribution in [1.29, 1.82) is 0 Å². The van der Waals surface area contributed by atoms with Crippen molar-refractivity contribution in [3.63, 3.8) is 0 Å². The van der Waals surface area contributed by atoms with Crippen LogP contribution in [0.15, 0.2) is 24.3 Å². The summed E-state index contributed by atoms with van der Waals surface area (Å²) in [7, 11) is 0. The monoisotopic (exact) mass is 291 g/mol. The molecule has 116 valence electrons. The zero-order chi connectivity index (χ0) is 15.9. The molecule has 0 unspecified atom stereocenters. The van der Waals surface area contributed by atoms with Gasteiger partial charge in [0.05, 0.1) is 5.41 Å². The smallest absolute Gasteiger partial charge is 0.303 e. The Bertz CT molecular complexity index is 477. The Balaban J connectivity index is 2.39. The fourth-order valence-electron chi connectivity index (χ4n) is 2.10. The Morgan fingerprint density at radius 2 is 1.71 bits per heavy atom. The molecule has 1 aromatic carbocycles. The van der Waals surface area contributed by atoms with Crippen molar-refractivity contribution in [1.82, 2.24) is 5.32 Å². The van der Waals surface area contributed by atoms with Gasteiger partial charge in [-0.2, -0.15) is 0 Å². The number of benzene rings is 1. The summed E-state index contributed by atoms with van der Waals surface area (Å²) in [5, 5.41) is 11.5. The van der Waals surface area contributed by atoms with E-state index >= 15 is 0 Å². The van der Waals surface area contributed by atoms with Gasteiger partial charge in [0, 0.05) is 13.0 Å². The highest BCUT2D eigenvalue weighted by Gasteiger charge is 2.29. The molecule has 0 atom stereocenters. The molecule has 0 spiro atoms. The summed E-state index contributed by atoms with van der Waals surface area (Å²) in [6.45, 7) is 6.44. The highest BCUT2D eigenvalue weighted by molar-refractivity contribution is 5.87. The minimum Gasteiger partial charge on any atom is -0.481 e. The number of carbonyl (C=O) groups is 2. The van der Waals surface area contributed by atoms with Crippen LogP contribution in [0, 0.1) is 6.92 Å². The van der Waals surface area contributed by atoms with E-state index < -0.39 is 11.4 Å². The molecule has 1 aromatic rings. The third kappa shape index (κ3) is 5.58. The van der Waals surface area contributed by atoms with Gasteiger partial charge in [0.2, 0.25) is 5.91 Å². The Hall–Kier alpha value is -1.84. The number of unbranched alkanes of at least 4 members (excludes halogenated alkanes) is 2. The van der Waals surface area contributed by atoms with E-state index in [1.54, 1.807) is 0 Å². The second kappa shape index (κ2) is 7.81. The normalized spacial score (nSPS) is 11.2. The third-order valence-corrected chi connectivity index (χ3v) is 3.69. The predicted octanol–water partition coefficient (Wildman–Crippen LogP) is 3.03. The van der Waals surface area contributed by atoms with Crippen LogP contribution in [0.1, 0.15) is 50.7 Å². The summed E-state index contributed by atoms with van der Waals surface area (Å²) >= 11 is 0. The summed E-state index contributed by atoms with van der Waals surface area (Å²) in [6, 6.07) is 8.00. The van der Waals surface area contributed by atoms with Crippen molar-refractivity contribution < 1.29 is 14.7 Å². The second-order valence-electron chi connectivity index (χ2n) is 5.95. The number of aliphatic carboxylic acids is 1. The van der Waals surface area contributed by atoms with Gasteiger partial charge in [-0.05, 0) is 39.2 Å². The topological polar surface area (TPSA) is 66.4 Å². The lowest BCUT2D eigenvalue weighted by Crippen LogP contribution is -2.40. The molecule has 0 heterocycles. The first-order chi connectivity index (χ1) is 9.84. The number of nitrogens with one attached hydrogen (secondary N) is 1. The fourth-order valence-corrected chi connectivity index (χ4v) is 2.10. The molecule has 4 heteroatoms. The number of aryl methyl sites for hydroxylation is 1. The van der Waals surface area contributed by atoms with Crippen molar-refractivity contribution in [3.8, 4) is 0 Å². The lowest BCUT2D eigenvalue weighted by atomic mass is 9.83. The SMILES string of the molecule is Cc1ccc(C(C)(C)C(=O)NCCCCCC(=O)O)cc1. The van der Waals surface area contributed by atoms with Gasteiger partial charge in [0.1, 0.15) is 0 Å². The number of rotatable bonds is 8. The van der Waals surface area contributed by atoms with Gasteiger partial charge in [-0.3, -0.25) is 9.59 Å². The van der Waals surface area contributed by atoms with Crippen LogP contribution in [-0.4, -0.2) is 23.5 Å². The standard InChI is InChI=1S/C17H25NO3/c1-13-8-10-14(11-9-13)17(2,3)16(21)18-12-6-4-5-7-15(19)20/h8-11H,4-7,12H2,1-3H3,(H,18,21)(H,19,20). The average Bonchev–Trinajstić information content (AvgIpc) is 2.42. The third-order valence-electron chi connectivity index (χ3n) is 3.69. The summed E-state index contributed by atoms with van der Waals surface area (Å²) in [6.07, 6.45) is 2.48. The molecule has 0 aliphatic carbocycles. The molecule has 0 aliphatic heterocycles. The molecule has 0 fully saturated rings. The van der Waals surface area contributed by atoms with Crippen LogP contribution in [0.2, 0.25) is 0 Å². The molecule has 1 rings (SSSR count). The Kier molecular flexibility index (Phi) is 6.40. The first-order valence-corrected chi connectivity index (χ1v) is 7.41. The fraction of sp³-hybridized carbons (Fsp3) is 0.529. The van der Waals surface area contributed by atoms with Crippen LogP contribution < -0.4 is 5.32 Å². The van der Waals surface area contributed by atoms with E-state index in [1.807, 2.05) is 45.0 Å². The molecule has 21 heavy (non-hydrogen) atoms. The van der Waals surface area contributed by atoms with Crippen molar-refractivity contribution in [2.75, 3.05) is 6.54 Å². The van der Waals surface area contributed by atoms with Gasteiger partial charge in [-0.25, -0.2) is 0 Å². The minimum absolute atomic E-state index is 0.00425. The molecular formula is C17H25NO3. The van der Waals surface area contributed by atoms with E-state index in [0.29, 0.717) is 13.0 Å². The van der Waals surface area contributed by atoms with Gasteiger partial charge in [-0.1, -0.05) is 36.2 Å². The van der Waals surface area contributed by atoms with Gasteiger partial charge < -0.3 is 10.4 Å². The van der Waals surface area contributed by atoms with Gasteiger partial charge in [0.15, 0.2) is 0 Å². The first-order valence-electron chi connectivity index (χ1n) is 7.41. The summed E-state index contributed by atoms with van der Waals surface area (Å²) in [5.41, 5.74) is 1.61. The molecule has 2 N–H and O–H groups in total. The maximum atomic E-state index is 12.3. The van der Waals surface area contributed by atoms with Crippen LogP contribution in [0.3, 0.4) is 0 Å². The largest absolute Gasteiger partial charge is 0.481 e. The van der Waals surface area contributed by atoms with E-state index in [4.69, 9.17) is 5.11 Å². The summed E-state index contributed by atoms with van der Waals surface area (Å²) in [5.74, 6) is -0.760. The Labute approximate surface area is 126 Å². The van der Waals surface area contributed by atoms with Gasteiger partial charge in [0.25, 0.3) is 0 Å². The van der Waals surface area contributed by atoms with Crippen LogP contribution in [0.5, 0.6) is 0 Å². The molecule has 4 nitrogen and oxygen atoms in total. The minimum atomic E-state index is -0.764. The quantitative estimate of drug-likeness (QED) is 0.723. The molecule has 0 aromatic heterocycles. The summed E-state index contributed by atoms with van der Waals surface area (Å²) < 4.78 is 0. The Morgan fingerprint density at radius 3 is 2.29 bits per heavy atom. The Morgan fingerprint density at radius 1 is 1.10 bits per heavy atom. The predicted molar refractivity (Wildman–Crippen MR) is 83.3 cm³/mol. The number of carbonyl (C=O) groups excluding carboxylic acids is 1. The molecular weight excluding hydrogens is 266 g/mol. The van der Waals surface area contributed by atoms with Crippen molar-refractivity contribution in [2.24, 2.45) is 0 Å². The van der Waals surface area contributed by atoms with Crippen LogP contribution in [0.4, 0.5) is 0 Å². The molecule has 0 aliphatic rings. The zero-order valence-electron chi connectivity index (χ0n) is 13.1. The molecule has 0 saturated heterocycles. The van der Waals surface area contributed by atoms with E-state index in [-0.39, 0.29) is 12.3 Å². The molecule has 0 saturated carbocycles. The van der Waals surface area contributed by atoms with Gasteiger partial charge in [-0.15, -0.1) is 0 Å².